The Morgan fingerprint density at radius 1 is 1.53 bits per heavy atom. The second kappa shape index (κ2) is 6.02. The molecule has 0 aromatic carbocycles. The predicted molar refractivity (Wildman–Crippen MR) is 68.4 cm³/mol. The van der Waals surface area contributed by atoms with Gasteiger partial charge in [0.1, 0.15) is 5.69 Å². The van der Waals surface area contributed by atoms with Crippen molar-refractivity contribution < 1.29 is 4.79 Å². The van der Waals surface area contributed by atoms with Crippen molar-refractivity contribution in [3.8, 4) is 0 Å². The van der Waals surface area contributed by atoms with Crippen LogP contribution in [0.25, 0.3) is 0 Å². The van der Waals surface area contributed by atoms with Crippen molar-refractivity contribution in [2.24, 2.45) is 5.41 Å². The quantitative estimate of drug-likeness (QED) is 0.756. The zero-order valence-corrected chi connectivity index (χ0v) is 10.8. The van der Waals surface area contributed by atoms with E-state index >= 15 is 0 Å². The van der Waals surface area contributed by atoms with Gasteiger partial charge in [-0.3, -0.25) is 9.89 Å². The molecule has 17 heavy (non-hydrogen) atoms. The highest BCUT2D eigenvalue weighted by Crippen LogP contribution is 2.26. The zero-order valence-electron chi connectivity index (χ0n) is 9.95. The first kappa shape index (κ1) is 14.0. The van der Waals surface area contributed by atoms with Crippen LogP contribution < -0.4 is 10.6 Å². The van der Waals surface area contributed by atoms with Gasteiger partial charge in [-0.15, -0.1) is 12.4 Å². The van der Waals surface area contributed by atoms with E-state index < -0.39 is 0 Å². The largest absolute Gasteiger partial charge is 0.350 e. The number of aromatic nitrogens is 2. The molecule has 1 aromatic rings. The molecule has 2 rings (SSSR count). The molecule has 1 saturated heterocycles. The Bertz CT molecular complexity index is 346. The monoisotopic (exact) mass is 258 g/mol. The Morgan fingerprint density at radius 2 is 2.24 bits per heavy atom. The van der Waals surface area contributed by atoms with E-state index in [1.807, 2.05) is 0 Å². The topological polar surface area (TPSA) is 69.8 Å². The highest BCUT2D eigenvalue weighted by Gasteiger charge is 2.27. The van der Waals surface area contributed by atoms with Gasteiger partial charge in [0.15, 0.2) is 0 Å². The number of piperidine rings is 1. The summed E-state index contributed by atoms with van der Waals surface area (Å²) in [7, 11) is 0. The Hall–Kier alpha value is -1.07. The minimum Gasteiger partial charge on any atom is -0.350 e. The van der Waals surface area contributed by atoms with Gasteiger partial charge in [-0.2, -0.15) is 5.10 Å². The van der Waals surface area contributed by atoms with E-state index in [1.54, 1.807) is 12.3 Å². The van der Waals surface area contributed by atoms with Crippen LogP contribution in [0.15, 0.2) is 12.3 Å². The van der Waals surface area contributed by atoms with Crippen molar-refractivity contribution in [3.05, 3.63) is 18.0 Å². The maximum absolute atomic E-state index is 11.7. The van der Waals surface area contributed by atoms with Gasteiger partial charge in [-0.25, -0.2) is 0 Å². The van der Waals surface area contributed by atoms with Crippen LogP contribution in [-0.2, 0) is 0 Å². The molecule has 0 atom stereocenters. The highest BCUT2D eigenvalue weighted by molar-refractivity contribution is 5.92. The van der Waals surface area contributed by atoms with Gasteiger partial charge in [-0.1, -0.05) is 6.92 Å². The summed E-state index contributed by atoms with van der Waals surface area (Å²) in [6.45, 7) is 5.03. The van der Waals surface area contributed by atoms with E-state index in [4.69, 9.17) is 0 Å². The molecule has 0 aliphatic carbocycles. The van der Waals surface area contributed by atoms with Gasteiger partial charge in [-0.05, 0) is 37.4 Å². The van der Waals surface area contributed by atoms with Gasteiger partial charge < -0.3 is 10.6 Å². The summed E-state index contributed by atoms with van der Waals surface area (Å²) in [6, 6.07) is 1.68. The first-order chi connectivity index (χ1) is 7.70. The summed E-state index contributed by atoms with van der Waals surface area (Å²) in [6.07, 6.45) is 3.80. The number of nitrogens with one attached hydrogen (secondary N) is 3. The smallest absolute Gasteiger partial charge is 0.269 e. The lowest BCUT2D eigenvalue weighted by Crippen LogP contribution is -2.42. The summed E-state index contributed by atoms with van der Waals surface area (Å²) in [5.41, 5.74) is 0.749. The van der Waals surface area contributed by atoms with Crippen LogP contribution in [0.3, 0.4) is 0 Å². The molecule has 0 radical (unpaired) electrons. The van der Waals surface area contributed by atoms with Crippen LogP contribution in [-0.4, -0.2) is 35.7 Å². The number of aromatic amines is 1. The molecule has 0 bridgehead atoms. The van der Waals surface area contributed by atoms with Crippen molar-refractivity contribution in [2.75, 3.05) is 19.6 Å². The van der Waals surface area contributed by atoms with Crippen molar-refractivity contribution >= 4 is 18.3 Å². The second-order valence-electron chi connectivity index (χ2n) is 4.71. The number of hydrogen-bond donors (Lipinski definition) is 3. The standard InChI is InChI=1S/C11H18N4O.ClH/c1-11(3-6-12-7-4-11)8-13-10(16)9-2-5-14-15-9;/h2,5,12H,3-4,6-8H2,1H3,(H,13,16)(H,14,15);1H. The zero-order chi connectivity index (χ0) is 11.4. The van der Waals surface area contributed by atoms with Crippen molar-refractivity contribution in [3.63, 3.8) is 0 Å². The van der Waals surface area contributed by atoms with Crippen molar-refractivity contribution in [1.29, 1.82) is 0 Å². The number of halogens is 1. The average Bonchev–Trinajstić information content (AvgIpc) is 2.80. The lowest BCUT2D eigenvalue weighted by molar-refractivity contribution is 0.0917. The molecule has 6 heteroatoms. The average molecular weight is 259 g/mol. The van der Waals surface area contributed by atoms with E-state index in [0.717, 1.165) is 32.5 Å². The molecule has 1 aliphatic rings. The molecule has 0 spiro atoms. The molecule has 2 heterocycles. The number of hydrogen-bond acceptors (Lipinski definition) is 3. The molecular weight excluding hydrogens is 240 g/mol. The van der Waals surface area contributed by atoms with E-state index in [0.29, 0.717) is 5.69 Å². The molecular formula is C11H19ClN4O. The van der Waals surface area contributed by atoms with Crippen LogP contribution in [0.4, 0.5) is 0 Å². The number of rotatable bonds is 3. The van der Waals surface area contributed by atoms with E-state index in [2.05, 4.69) is 27.8 Å². The molecule has 1 aromatic heterocycles. The Kier molecular flexibility index (Phi) is 4.96. The molecule has 1 amide bonds. The van der Waals surface area contributed by atoms with Crippen LogP contribution in [0.1, 0.15) is 30.3 Å². The summed E-state index contributed by atoms with van der Waals surface area (Å²) in [5, 5.41) is 12.7. The molecule has 1 aliphatic heterocycles. The molecule has 0 unspecified atom stereocenters. The maximum Gasteiger partial charge on any atom is 0.269 e. The Labute approximate surface area is 107 Å². The van der Waals surface area contributed by atoms with Crippen LogP contribution in [0, 0.1) is 5.41 Å². The molecule has 0 saturated carbocycles. The Balaban J connectivity index is 0.00000144. The molecule has 96 valence electrons. The predicted octanol–water partition coefficient (Wildman–Crippen LogP) is 0.951. The summed E-state index contributed by atoms with van der Waals surface area (Å²) in [5.74, 6) is -0.0720. The summed E-state index contributed by atoms with van der Waals surface area (Å²) >= 11 is 0. The maximum atomic E-state index is 11.7. The first-order valence-electron chi connectivity index (χ1n) is 5.68. The minimum atomic E-state index is -0.0720. The van der Waals surface area contributed by atoms with Crippen molar-refractivity contribution in [2.45, 2.75) is 19.8 Å². The fourth-order valence-corrected chi connectivity index (χ4v) is 1.98. The lowest BCUT2D eigenvalue weighted by Gasteiger charge is -2.34. The van der Waals surface area contributed by atoms with Gasteiger partial charge in [0.25, 0.3) is 5.91 Å². The van der Waals surface area contributed by atoms with Crippen LogP contribution >= 0.6 is 12.4 Å². The summed E-state index contributed by atoms with van der Waals surface area (Å²) in [4.78, 5) is 11.7. The third-order valence-electron chi connectivity index (χ3n) is 3.23. The number of amides is 1. The molecule has 5 nitrogen and oxygen atoms in total. The van der Waals surface area contributed by atoms with Crippen LogP contribution in [0.2, 0.25) is 0 Å². The van der Waals surface area contributed by atoms with Gasteiger partial charge in [0.2, 0.25) is 0 Å². The van der Waals surface area contributed by atoms with E-state index in [9.17, 15) is 4.79 Å². The van der Waals surface area contributed by atoms with E-state index in [-0.39, 0.29) is 23.7 Å². The molecule has 1 fully saturated rings. The van der Waals surface area contributed by atoms with Crippen LogP contribution in [0.5, 0.6) is 0 Å². The third-order valence-corrected chi connectivity index (χ3v) is 3.23. The number of carbonyl (C=O) groups is 1. The SMILES string of the molecule is CC1(CNC(=O)c2ccn[nH]2)CCNCC1.Cl. The van der Waals surface area contributed by atoms with E-state index in [1.165, 1.54) is 0 Å². The summed E-state index contributed by atoms with van der Waals surface area (Å²) < 4.78 is 0. The minimum absolute atomic E-state index is 0. The number of carbonyl (C=O) groups excluding carboxylic acids is 1. The highest BCUT2D eigenvalue weighted by atomic mass is 35.5. The lowest BCUT2D eigenvalue weighted by atomic mass is 9.81. The second-order valence-corrected chi connectivity index (χ2v) is 4.71. The van der Waals surface area contributed by atoms with Gasteiger partial charge >= 0.3 is 0 Å². The fraction of sp³-hybridized carbons (Fsp3) is 0.636. The van der Waals surface area contributed by atoms with Crippen molar-refractivity contribution in [1.82, 2.24) is 20.8 Å². The number of H-pyrrole nitrogens is 1. The number of nitrogens with zero attached hydrogens (tertiary/aromatic N) is 1. The Morgan fingerprint density at radius 3 is 2.82 bits per heavy atom. The fourth-order valence-electron chi connectivity index (χ4n) is 1.98. The first-order valence-corrected chi connectivity index (χ1v) is 5.68. The third kappa shape index (κ3) is 3.71. The van der Waals surface area contributed by atoms with Gasteiger partial charge in [0, 0.05) is 12.7 Å². The normalized spacial score (nSPS) is 18.2. The molecule has 3 N–H and O–H groups in total. The van der Waals surface area contributed by atoms with Gasteiger partial charge in [0.05, 0.1) is 0 Å².